The summed E-state index contributed by atoms with van der Waals surface area (Å²) in [5.41, 5.74) is 1.37. The number of aryl methyl sites for hydroxylation is 2. The van der Waals surface area contributed by atoms with Crippen molar-refractivity contribution >= 4 is 5.97 Å². The summed E-state index contributed by atoms with van der Waals surface area (Å²) in [6.45, 7) is 1.93. The summed E-state index contributed by atoms with van der Waals surface area (Å²) < 4.78 is 12.1. The fourth-order valence-corrected chi connectivity index (χ4v) is 4.21. The standard InChI is InChI=1S/C28H27N3O7/c1-17-13-24(34)26(27(36)31(17)12-9-18-7-8-22(32)23(33)14-18)21(16-25(35)37-2)19-5-3-6-20(15-19)38-28-29-10-4-11-30-28/h3-8,10-11,13-15,21,32-34H,9,12,16H2,1-2H3/t21-/m1/s1. The third-order valence-electron chi connectivity index (χ3n) is 6.15. The van der Waals surface area contributed by atoms with Gasteiger partial charge in [-0.05, 0) is 60.9 Å². The van der Waals surface area contributed by atoms with Crippen LogP contribution in [0.2, 0.25) is 0 Å². The number of pyridine rings is 1. The van der Waals surface area contributed by atoms with Crippen molar-refractivity contribution < 1.29 is 29.6 Å². The Morgan fingerprint density at radius 3 is 2.45 bits per heavy atom. The normalized spacial score (nSPS) is 11.6. The van der Waals surface area contributed by atoms with E-state index in [1.807, 2.05) is 0 Å². The quantitative estimate of drug-likeness (QED) is 0.223. The Morgan fingerprint density at radius 2 is 1.74 bits per heavy atom. The number of nitrogens with zero attached hydrogens (tertiary/aromatic N) is 3. The topological polar surface area (TPSA) is 144 Å². The van der Waals surface area contributed by atoms with E-state index in [9.17, 15) is 24.9 Å². The molecule has 0 aliphatic rings. The monoisotopic (exact) mass is 517 g/mol. The largest absolute Gasteiger partial charge is 0.507 e. The minimum atomic E-state index is -0.834. The van der Waals surface area contributed by atoms with Gasteiger partial charge in [-0.1, -0.05) is 18.2 Å². The number of carbonyl (C=O) groups is 1. The first kappa shape index (κ1) is 26.2. The number of ether oxygens (including phenoxy) is 2. The first-order valence-corrected chi connectivity index (χ1v) is 11.8. The van der Waals surface area contributed by atoms with Crippen LogP contribution in [0.15, 0.2) is 71.8 Å². The molecule has 0 saturated heterocycles. The van der Waals surface area contributed by atoms with Crippen LogP contribution in [0.3, 0.4) is 0 Å². The van der Waals surface area contributed by atoms with Crippen molar-refractivity contribution in [2.24, 2.45) is 0 Å². The zero-order valence-electron chi connectivity index (χ0n) is 20.9. The van der Waals surface area contributed by atoms with E-state index in [0.717, 1.165) is 0 Å². The van der Waals surface area contributed by atoms with Crippen LogP contribution in [-0.2, 0) is 22.5 Å². The summed E-state index contributed by atoms with van der Waals surface area (Å²) in [4.78, 5) is 34.2. The highest BCUT2D eigenvalue weighted by Gasteiger charge is 2.27. The van der Waals surface area contributed by atoms with Gasteiger partial charge in [0.2, 0.25) is 0 Å². The minimum absolute atomic E-state index is 0.0441. The fraction of sp³-hybridized carbons (Fsp3) is 0.214. The van der Waals surface area contributed by atoms with Crippen LogP contribution < -0.4 is 10.3 Å². The van der Waals surface area contributed by atoms with Crippen molar-refractivity contribution in [2.45, 2.75) is 32.2 Å². The molecule has 38 heavy (non-hydrogen) atoms. The van der Waals surface area contributed by atoms with Gasteiger partial charge in [0, 0.05) is 30.6 Å². The highest BCUT2D eigenvalue weighted by atomic mass is 16.5. The van der Waals surface area contributed by atoms with Gasteiger partial charge >= 0.3 is 12.0 Å². The summed E-state index contributed by atoms with van der Waals surface area (Å²) in [6, 6.07) is 14.5. The molecule has 0 aliphatic carbocycles. The van der Waals surface area contributed by atoms with Crippen LogP contribution >= 0.6 is 0 Å². The number of rotatable bonds is 9. The Bertz CT molecular complexity index is 1500. The lowest BCUT2D eigenvalue weighted by atomic mass is 9.88. The molecule has 0 spiro atoms. The first-order valence-electron chi connectivity index (χ1n) is 11.8. The second-order valence-corrected chi connectivity index (χ2v) is 8.65. The number of aromatic hydroxyl groups is 3. The van der Waals surface area contributed by atoms with Crippen molar-refractivity contribution in [3.05, 3.63) is 99.7 Å². The van der Waals surface area contributed by atoms with Gasteiger partial charge in [-0.15, -0.1) is 0 Å². The van der Waals surface area contributed by atoms with Crippen molar-refractivity contribution in [2.75, 3.05) is 7.11 Å². The lowest BCUT2D eigenvalue weighted by Gasteiger charge is -2.21. The highest BCUT2D eigenvalue weighted by Crippen LogP contribution is 2.34. The number of esters is 1. The number of carbonyl (C=O) groups excluding carboxylic acids is 1. The van der Waals surface area contributed by atoms with Crippen molar-refractivity contribution in [3.63, 3.8) is 0 Å². The molecular weight excluding hydrogens is 490 g/mol. The third-order valence-corrected chi connectivity index (χ3v) is 6.15. The van der Waals surface area contributed by atoms with Crippen LogP contribution in [0.4, 0.5) is 0 Å². The Kier molecular flexibility index (Phi) is 7.91. The molecule has 0 bridgehead atoms. The minimum Gasteiger partial charge on any atom is -0.507 e. The average molecular weight is 518 g/mol. The van der Waals surface area contributed by atoms with Gasteiger partial charge < -0.3 is 29.4 Å². The smallest absolute Gasteiger partial charge is 0.321 e. The molecule has 4 rings (SSSR count). The van der Waals surface area contributed by atoms with Crippen molar-refractivity contribution in [1.29, 1.82) is 0 Å². The lowest BCUT2D eigenvalue weighted by molar-refractivity contribution is -0.140. The molecule has 4 aromatic rings. The van der Waals surface area contributed by atoms with E-state index < -0.39 is 17.4 Å². The maximum absolute atomic E-state index is 13.7. The van der Waals surface area contributed by atoms with Crippen LogP contribution in [0.5, 0.6) is 29.0 Å². The molecule has 0 aliphatic heterocycles. The zero-order valence-corrected chi connectivity index (χ0v) is 20.9. The number of benzene rings is 2. The van der Waals surface area contributed by atoms with E-state index in [1.165, 1.54) is 29.9 Å². The molecule has 10 heteroatoms. The summed E-state index contributed by atoms with van der Waals surface area (Å²) in [7, 11) is 1.26. The lowest BCUT2D eigenvalue weighted by Crippen LogP contribution is -2.29. The molecule has 3 N–H and O–H groups in total. The molecule has 0 saturated carbocycles. The number of methoxy groups -OCH3 is 1. The maximum atomic E-state index is 13.7. The number of hydrogen-bond acceptors (Lipinski definition) is 9. The molecule has 1 atom stereocenters. The molecule has 196 valence electrons. The van der Waals surface area contributed by atoms with E-state index in [2.05, 4.69) is 9.97 Å². The van der Waals surface area contributed by atoms with Gasteiger partial charge in [0.05, 0.1) is 19.1 Å². The molecule has 2 aromatic heterocycles. The average Bonchev–Trinajstić information content (AvgIpc) is 2.90. The number of aromatic nitrogens is 3. The van der Waals surface area contributed by atoms with Gasteiger partial charge in [-0.2, -0.15) is 0 Å². The molecule has 0 amide bonds. The summed E-state index contributed by atoms with van der Waals surface area (Å²) in [5.74, 6) is -1.72. The molecule has 2 aromatic carbocycles. The number of hydrogen-bond donors (Lipinski definition) is 3. The summed E-state index contributed by atoms with van der Waals surface area (Å²) in [6.07, 6.45) is 3.26. The van der Waals surface area contributed by atoms with E-state index in [-0.39, 0.29) is 41.8 Å². The Balaban J connectivity index is 1.72. The second kappa shape index (κ2) is 11.5. The molecular formula is C28H27N3O7. The predicted molar refractivity (Wildman–Crippen MR) is 138 cm³/mol. The predicted octanol–water partition coefficient (Wildman–Crippen LogP) is 3.79. The zero-order chi connectivity index (χ0) is 27.2. The highest BCUT2D eigenvalue weighted by molar-refractivity contribution is 5.71. The Morgan fingerprint density at radius 1 is 0.974 bits per heavy atom. The molecule has 0 unspecified atom stereocenters. The van der Waals surface area contributed by atoms with Gasteiger partial charge in [0.25, 0.3) is 5.56 Å². The van der Waals surface area contributed by atoms with E-state index in [0.29, 0.717) is 29.0 Å². The maximum Gasteiger partial charge on any atom is 0.321 e. The molecule has 10 nitrogen and oxygen atoms in total. The van der Waals surface area contributed by atoms with Crippen LogP contribution in [0, 0.1) is 6.92 Å². The van der Waals surface area contributed by atoms with Crippen LogP contribution in [0.1, 0.15) is 34.7 Å². The van der Waals surface area contributed by atoms with Crippen LogP contribution in [-0.4, -0.2) is 42.9 Å². The first-order chi connectivity index (χ1) is 18.3. The van der Waals surface area contributed by atoms with Crippen molar-refractivity contribution in [3.8, 4) is 29.0 Å². The van der Waals surface area contributed by atoms with Gasteiger partial charge in [-0.3, -0.25) is 9.59 Å². The van der Waals surface area contributed by atoms with E-state index in [1.54, 1.807) is 55.7 Å². The SMILES string of the molecule is COC(=O)C[C@H](c1cccc(Oc2ncccn2)c1)c1c(O)cc(C)n(CCc2ccc(O)c(O)c2)c1=O. The van der Waals surface area contributed by atoms with Gasteiger partial charge in [0.1, 0.15) is 11.5 Å². The van der Waals surface area contributed by atoms with E-state index in [4.69, 9.17) is 9.47 Å². The number of phenolic OH excluding ortho intramolecular Hbond substituents is 2. The van der Waals surface area contributed by atoms with Gasteiger partial charge in [-0.25, -0.2) is 9.97 Å². The van der Waals surface area contributed by atoms with Crippen LogP contribution in [0.25, 0.3) is 0 Å². The number of phenols is 2. The third kappa shape index (κ3) is 5.92. The molecule has 0 radical (unpaired) electrons. The van der Waals surface area contributed by atoms with E-state index >= 15 is 0 Å². The molecule has 2 heterocycles. The van der Waals surface area contributed by atoms with Gasteiger partial charge in [0.15, 0.2) is 11.5 Å². The summed E-state index contributed by atoms with van der Waals surface area (Å²) in [5, 5.41) is 30.2. The Labute approximate surface area is 218 Å². The van der Waals surface area contributed by atoms with Crippen molar-refractivity contribution in [1.82, 2.24) is 14.5 Å². The second-order valence-electron chi connectivity index (χ2n) is 8.65. The Hall–Kier alpha value is -4.86. The fourth-order valence-electron chi connectivity index (χ4n) is 4.21. The summed E-state index contributed by atoms with van der Waals surface area (Å²) >= 11 is 0. The molecule has 0 fully saturated rings.